The lowest BCUT2D eigenvalue weighted by molar-refractivity contribution is 0.392. The molecule has 1 aliphatic rings. The summed E-state index contributed by atoms with van der Waals surface area (Å²) in [4.78, 5) is 2.49. The van der Waals surface area contributed by atoms with Gasteiger partial charge in [-0.2, -0.15) is 0 Å². The van der Waals surface area contributed by atoms with Gasteiger partial charge in [-0.25, -0.2) is 13.1 Å². The topological polar surface area (TPSA) is 67.9 Å². The van der Waals surface area contributed by atoms with Crippen molar-refractivity contribution >= 4 is 15.7 Å². The molecule has 1 N–H and O–H groups in total. The van der Waals surface area contributed by atoms with E-state index in [2.05, 4.69) is 33.9 Å². The molecule has 1 aliphatic heterocycles. The molecule has 0 radical (unpaired) electrons. The molecule has 0 unspecified atom stereocenters. The molecule has 0 aliphatic carbocycles. The van der Waals surface area contributed by atoms with Gasteiger partial charge in [-0.15, -0.1) is 0 Å². The summed E-state index contributed by atoms with van der Waals surface area (Å²) in [6.45, 7) is 2.63. The summed E-state index contributed by atoms with van der Waals surface area (Å²) in [6.07, 6.45) is 4.06. The third kappa shape index (κ3) is 4.97. The fraction of sp³-hybridized carbons (Fsp3) is 0.429. The van der Waals surface area contributed by atoms with Crippen LogP contribution in [-0.2, 0) is 16.4 Å². The van der Waals surface area contributed by atoms with Crippen LogP contribution in [0, 0.1) is 0 Å². The van der Waals surface area contributed by atoms with E-state index in [1.54, 1.807) is 12.1 Å². The highest BCUT2D eigenvalue weighted by atomic mass is 32.2. The first-order valence-electron chi connectivity index (χ1n) is 9.59. The van der Waals surface area contributed by atoms with Crippen molar-refractivity contribution in [1.82, 2.24) is 4.72 Å². The number of nitrogens with one attached hydrogen (secondary N) is 1. The van der Waals surface area contributed by atoms with Crippen molar-refractivity contribution in [1.29, 1.82) is 0 Å². The van der Waals surface area contributed by atoms with Crippen LogP contribution in [0.1, 0.15) is 24.8 Å². The van der Waals surface area contributed by atoms with Crippen LogP contribution in [-0.4, -0.2) is 42.3 Å². The van der Waals surface area contributed by atoms with Crippen LogP contribution >= 0.6 is 0 Å². The van der Waals surface area contributed by atoms with Gasteiger partial charge >= 0.3 is 0 Å². The first-order chi connectivity index (χ1) is 13.5. The number of benzene rings is 2. The van der Waals surface area contributed by atoms with Crippen molar-refractivity contribution in [2.75, 3.05) is 38.8 Å². The van der Waals surface area contributed by atoms with Crippen LogP contribution in [0.4, 0.5) is 5.69 Å². The zero-order valence-electron chi connectivity index (χ0n) is 16.5. The minimum absolute atomic E-state index is 0.0873. The molecule has 1 saturated heterocycles. The van der Waals surface area contributed by atoms with Gasteiger partial charge in [0.05, 0.1) is 14.2 Å². The second-order valence-corrected chi connectivity index (χ2v) is 8.61. The molecule has 1 fully saturated rings. The number of rotatable bonds is 9. The van der Waals surface area contributed by atoms with Gasteiger partial charge in [-0.05, 0) is 55.5 Å². The highest BCUT2D eigenvalue weighted by molar-refractivity contribution is 7.89. The van der Waals surface area contributed by atoms with Crippen molar-refractivity contribution in [3.8, 4) is 11.5 Å². The zero-order valence-corrected chi connectivity index (χ0v) is 17.3. The molecule has 1 heterocycles. The lowest BCUT2D eigenvalue weighted by Crippen LogP contribution is -2.25. The maximum Gasteiger partial charge on any atom is 0.244 e. The predicted molar refractivity (Wildman–Crippen MR) is 111 cm³/mol. The van der Waals surface area contributed by atoms with Gasteiger partial charge in [0.2, 0.25) is 10.0 Å². The van der Waals surface area contributed by atoms with Crippen LogP contribution in [0.25, 0.3) is 0 Å². The Labute approximate surface area is 167 Å². The SMILES string of the molecule is COc1ccc(OC)c(S(=O)(=O)NCCCc2ccc(N3CCCC3)cc2)c1. The summed E-state index contributed by atoms with van der Waals surface area (Å²) in [5.74, 6) is 0.769. The van der Waals surface area contributed by atoms with Crippen molar-refractivity contribution < 1.29 is 17.9 Å². The number of sulfonamides is 1. The van der Waals surface area contributed by atoms with Gasteiger partial charge < -0.3 is 14.4 Å². The Morgan fingerprint density at radius 3 is 2.36 bits per heavy atom. The van der Waals surface area contributed by atoms with Crippen molar-refractivity contribution in [2.45, 2.75) is 30.6 Å². The van der Waals surface area contributed by atoms with Crippen LogP contribution in [0.15, 0.2) is 47.4 Å². The van der Waals surface area contributed by atoms with E-state index in [4.69, 9.17) is 9.47 Å². The van der Waals surface area contributed by atoms with Gasteiger partial charge in [-0.3, -0.25) is 0 Å². The number of hydrogen-bond donors (Lipinski definition) is 1. The van der Waals surface area contributed by atoms with Crippen LogP contribution in [0.2, 0.25) is 0 Å². The van der Waals surface area contributed by atoms with Gasteiger partial charge in [0, 0.05) is 31.4 Å². The lowest BCUT2D eigenvalue weighted by Gasteiger charge is -2.17. The number of aryl methyl sites for hydroxylation is 1. The summed E-state index contributed by atoms with van der Waals surface area (Å²) in [5.41, 5.74) is 2.48. The Morgan fingerprint density at radius 2 is 1.71 bits per heavy atom. The Bertz CT molecular complexity index is 876. The van der Waals surface area contributed by atoms with Gasteiger partial charge in [0.25, 0.3) is 0 Å². The zero-order chi connectivity index (χ0) is 20.0. The van der Waals surface area contributed by atoms with Crippen LogP contribution in [0.3, 0.4) is 0 Å². The van der Waals surface area contributed by atoms with Crippen LogP contribution < -0.4 is 19.1 Å². The van der Waals surface area contributed by atoms with Crippen molar-refractivity contribution in [3.63, 3.8) is 0 Å². The van der Waals surface area contributed by atoms with Crippen molar-refractivity contribution in [3.05, 3.63) is 48.0 Å². The number of anilines is 1. The Kier molecular flexibility index (Phi) is 6.80. The second kappa shape index (κ2) is 9.30. The van der Waals surface area contributed by atoms with E-state index in [1.807, 2.05) is 0 Å². The molecule has 0 bridgehead atoms. The Balaban J connectivity index is 1.54. The van der Waals surface area contributed by atoms with E-state index in [1.165, 1.54) is 44.4 Å². The standard InChI is InChI=1S/C21H28N2O4S/c1-26-19-11-12-20(27-2)21(16-19)28(24,25)22-13-5-6-17-7-9-18(10-8-17)23-14-3-4-15-23/h7-12,16,22H,3-6,13-15H2,1-2H3. The highest BCUT2D eigenvalue weighted by Gasteiger charge is 2.20. The number of hydrogen-bond acceptors (Lipinski definition) is 5. The van der Waals surface area contributed by atoms with E-state index < -0.39 is 10.0 Å². The molecule has 0 aromatic heterocycles. The molecule has 0 saturated carbocycles. The van der Waals surface area contributed by atoms with Crippen molar-refractivity contribution in [2.24, 2.45) is 0 Å². The van der Waals surface area contributed by atoms with E-state index >= 15 is 0 Å². The van der Waals surface area contributed by atoms with E-state index in [0.29, 0.717) is 24.5 Å². The predicted octanol–water partition coefficient (Wildman–Crippen LogP) is 3.22. The Hall–Kier alpha value is -2.25. The smallest absolute Gasteiger partial charge is 0.244 e. The largest absolute Gasteiger partial charge is 0.497 e. The summed E-state index contributed by atoms with van der Waals surface area (Å²) < 4.78 is 38.2. The molecule has 7 heteroatoms. The molecule has 0 amide bonds. The molecule has 28 heavy (non-hydrogen) atoms. The molecule has 2 aromatic carbocycles. The summed E-state index contributed by atoms with van der Waals surface area (Å²) in [5, 5.41) is 0. The second-order valence-electron chi connectivity index (χ2n) is 6.88. The van der Waals surface area contributed by atoms with E-state index in [0.717, 1.165) is 19.5 Å². The summed E-state index contributed by atoms with van der Waals surface area (Å²) >= 11 is 0. The molecule has 152 valence electrons. The minimum Gasteiger partial charge on any atom is -0.497 e. The fourth-order valence-corrected chi connectivity index (χ4v) is 4.68. The van der Waals surface area contributed by atoms with Gasteiger partial charge in [0.15, 0.2) is 0 Å². The number of nitrogens with zero attached hydrogens (tertiary/aromatic N) is 1. The first kappa shape index (κ1) is 20.5. The average Bonchev–Trinajstić information content (AvgIpc) is 3.26. The van der Waals surface area contributed by atoms with E-state index in [-0.39, 0.29) is 4.90 Å². The van der Waals surface area contributed by atoms with E-state index in [9.17, 15) is 8.42 Å². The maximum absolute atomic E-state index is 12.6. The quantitative estimate of drug-likeness (QED) is 0.650. The molecule has 6 nitrogen and oxygen atoms in total. The molecule has 0 atom stereocenters. The van der Waals surface area contributed by atoms with Gasteiger partial charge in [0.1, 0.15) is 16.4 Å². The molecular formula is C21H28N2O4S. The number of methoxy groups -OCH3 is 2. The molecular weight excluding hydrogens is 376 g/mol. The van der Waals surface area contributed by atoms with Crippen LogP contribution in [0.5, 0.6) is 11.5 Å². The lowest BCUT2D eigenvalue weighted by atomic mass is 10.1. The Morgan fingerprint density at radius 1 is 1.00 bits per heavy atom. The third-order valence-corrected chi connectivity index (χ3v) is 6.48. The number of ether oxygens (including phenoxy) is 2. The minimum atomic E-state index is -3.67. The molecule has 2 aromatic rings. The normalized spacial score (nSPS) is 14.3. The summed E-state index contributed by atoms with van der Waals surface area (Å²) in [7, 11) is -0.718. The average molecular weight is 405 g/mol. The fourth-order valence-electron chi connectivity index (χ4n) is 3.42. The third-order valence-electron chi connectivity index (χ3n) is 5.00. The maximum atomic E-state index is 12.6. The highest BCUT2D eigenvalue weighted by Crippen LogP contribution is 2.28. The van der Waals surface area contributed by atoms with Gasteiger partial charge in [-0.1, -0.05) is 12.1 Å². The first-order valence-corrected chi connectivity index (χ1v) is 11.1. The molecule has 3 rings (SSSR count). The molecule has 0 spiro atoms. The summed E-state index contributed by atoms with van der Waals surface area (Å²) in [6, 6.07) is 13.3. The monoisotopic (exact) mass is 404 g/mol.